The Bertz CT molecular complexity index is 1310. The summed E-state index contributed by atoms with van der Waals surface area (Å²) >= 11 is 6.19. The lowest BCUT2D eigenvalue weighted by molar-refractivity contribution is 0.0812. The van der Waals surface area contributed by atoms with E-state index in [0.717, 1.165) is 37.1 Å². The zero-order valence-corrected chi connectivity index (χ0v) is 21.2. The van der Waals surface area contributed by atoms with Crippen molar-refractivity contribution >= 4 is 33.0 Å². The Labute approximate surface area is 215 Å². The fourth-order valence-electron chi connectivity index (χ4n) is 5.35. The van der Waals surface area contributed by atoms with Gasteiger partial charge in [0.25, 0.3) is 0 Å². The number of rotatable bonds is 6. The van der Waals surface area contributed by atoms with E-state index in [1.807, 2.05) is 24.3 Å². The highest BCUT2D eigenvalue weighted by Gasteiger charge is 2.40. The molecule has 2 N–H and O–H groups in total. The number of benzene rings is 3. The molecule has 1 saturated carbocycles. The van der Waals surface area contributed by atoms with Gasteiger partial charge in [-0.05, 0) is 67.5 Å². The van der Waals surface area contributed by atoms with E-state index < -0.39 is 29.0 Å². The van der Waals surface area contributed by atoms with E-state index in [0.29, 0.717) is 6.42 Å². The van der Waals surface area contributed by atoms with Gasteiger partial charge in [-0.15, -0.1) is 0 Å². The molecule has 1 heterocycles. The second kappa shape index (κ2) is 10.4. The van der Waals surface area contributed by atoms with Crippen LogP contribution in [0.1, 0.15) is 30.4 Å². The van der Waals surface area contributed by atoms with Crippen molar-refractivity contribution in [3.63, 3.8) is 0 Å². The van der Waals surface area contributed by atoms with Gasteiger partial charge in [-0.1, -0.05) is 48.0 Å². The lowest BCUT2D eigenvalue weighted by atomic mass is 9.86. The largest absolute Gasteiger partial charge is 0.463 e. The van der Waals surface area contributed by atoms with Crippen LogP contribution >= 0.6 is 11.6 Å². The van der Waals surface area contributed by atoms with E-state index in [1.165, 1.54) is 29.3 Å². The number of sulfonamides is 1. The quantitative estimate of drug-likeness (QED) is 0.461. The number of nitrogens with one attached hydrogen (secondary N) is 1. The number of nitrogens with zero attached hydrogens (tertiary/aromatic N) is 1. The predicted molar refractivity (Wildman–Crippen MR) is 138 cm³/mol. The number of anilines is 2. The molecule has 0 aromatic heterocycles. The second-order valence-electron chi connectivity index (χ2n) is 9.19. The highest BCUT2D eigenvalue weighted by atomic mass is 35.5. The molecule has 0 bridgehead atoms. The van der Waals surface area contributed by atoms with Crippen LogP contribution in [0.5, 0.6) is 5.75 Å². The number of fused-ring (bicyclic) bond motifs is 2. The van der Waals surface area contributed by atoms with Gasteiger partial charge in [0.1, 0.15) is 10.6 Å². The lowest BCUT2D eigenvalue weighted by Crippen LogP contribution is -2.55. The fourth-order valence-corrected chi connectivity index (χ4v) is 7.17. The zero-order chi connectivity index (χ0) is 25.3. The monoisotopic (exact) mass is 530 g/mol. The summed E-state index contributed by atoms with van der Waals surface area (Å²) in [6, 6.07) is 19.3. The number of aliphatic hydroxyl groups excluding tert-OH is 1. The summed E-state index contributed by atoms with van der Waals surface area (Å²) in [7, 11) is -4.05. The molecule has 9 heteroatoms. The maximum Gasteiger partial charge on any atom is 0.242 e. The topological polar surface area (TPSA) is 78.9 Å². The summed E-state index contributed by atoms with van der Waals surface area (Å²) in [6.45, 7) is -1.04. The van der Waals surface area contributed by atoms with Crippen LogP contribution in [0.3, 0.4) is 0 Å². The Balaban J connectivity index is 1.46. The number of para-hydroxylation sites is 2. The van der Waals surface area contributed by atoms with Crippen LogP contribution < -0.4 is 14.4 Å². The lowest BCUT2D eigenvalue weighted by Gasteiger charge is -2.43. The van der Waals surface area contributed by atoms with E-state index >= 15 is 0 Å². The molecule has 0 spiro atoms. The Kier molecular flexibility index (Phi) is 7.21. The molecule has 0 amide bonds. The maximum atomic E-state index is 13.2. The molecule has 6 nitrogen and oxygen atoms in total. The Morgan fingerprint density at radius 3 is 2.25 bits per heavy atom. The standard InChI is InChI=1S/C27H28ClFN2O4S/c28-21-16-20(35-17-29)14-15-26(21)36(33,34)30-22-8-5-11-25(27(22)32)31-23-9-3-1-6-18(23)12-13-19-7-2-4-10-24(19)31/h1-4,6-7,9-10,14-16,22,25,27,30,32H,5,8,11-13,17H2/t22-,25+,27+/m0/s1. The summed E-state index contributed by atoms with van der Waals surface area (Å²) in [4.78, 5) is 2.05. The van der Waals surface area contributed by atoms with Crippen LogP contribution in [0.15, 0.2) is 71.6 Å². The zero-order valence-electron chi connectivity index (χ0n) is 19.6. The van der Waals surface area contributed by atoms with E-state index in [2.05, 4.69) is 33.9 Å². The van der Waals surface area contributed by atoms with Gasteiger partial charge >= 0.3 is 0 Å². The molecule has 3 aromatic carbocycles. The van der Waals surface area contributed by atoms with Crippen LogP contribution in [0.4, 0.5) is 15.8 Å². The Morgan fingerprint density at radius 1 is 1.00 bits per heavy atom. The van der Waals surface area contributed by atoms with Crippen molar-refractivity contribution in [2.75, 3.05) is 11.8 Å². The average molecular weight is 531 g/mol. The van der Waals surface area contributed by atoms with Gasteiger partial charge in [0.2, 0.25) is 16.9 Å². The first kappa shape index (κ1) is 25.0. The number of halogens is 2. The van der Waals surface area contributed by atoms with Gasteiger partial charge in [0, 0.05) is 17.4 Å². The third-order valence-corrected chi connectivity index (χ3v) is 9.01. The van der Waals surface area contributed by atoms with Gasteiger partial charge in [-0.2, -0.15) is 0 Å². The first-order valence-corrected chi connectivity index (χ1v) is 13.9. The van der Waals surface area contributed by atoms with Crippen LogP contribution in [0.2, 0.25) is 5.02 Å². The molecular formula is C27H28ClFN2O4S. The van der Waals surface area contributed by atoms with Crippen LogP contribution in [0.25, 0.3) is 0 Å². The van der Waals surface area contributed by atoms with E-state index in [-0.39, 0.29) is 21.7 Å². The van der Waals surface area contributed by atoms with Gasteiger partial charge in [0.05, 0.1) is 23.2 Å². The van der Waals surface area contributed by atoms with Gasteiger partial charge in [-0.25, -0.2) is 17.5 Å². The van der Waals surface area contributed by atoms with E-state index in [4.69, 9.17) is 16.3 Å². The molecule has 190 valence electrons. The van der Waals surface area contributed by atoms with Crippen LogP contribution in [-0.2, 0) is 22.9 Å². The second-order valence-corrected chi connectivity index (χ2v) is 11.3. The van der Waals surface area contributed by atoms with Gasteiger partial charge in [-0.3, -0.25) is 0 Å². The smallest absolute Gasteiger partial charge is 0.242 e. The molecule has 0 unspecified atom stereocenters. The Morgan fingerprint density at radius 2 is 1.64 bits per heavy atom. The minimum absolute atomic E-state index is 0.0781. The number of aryl methyl sites for hydroxylation is 2. The van der Waals surface area contributed by atoms with Crippen molar-refractivity contribution in [1.82, 2.24) is 4.72 Å². The van der Waals surface area contributed by atoms with E-state index in [9.17, 15) is 17.9 Å². The average Bonchev–Trinajstić information content (AvgIpc) is 3.02. The normalized spacial score (nSPS) is 21.9. The number of ether oxygens (including phenoxy) is 1. The minimum Gasteiger partial charge on any atom is -0.463 e. The van der Waals surface area contributed by atoms with Crippen molar-refractivity contribution in [1.29, 1.82) is 0 Å². The minimum atomic E-state index is -4.05. The summed E-state index contributed by atoms with van der Waals surface area (Å²) in [5.41, 5.74) is 4.49. The van der Waals surface area contributed by atoms with Crippen molar-refractivity contribution in [3.8, 4) is 5.75 Å². The summed E-state index contributed by atoms with van der Waals surface area (Å²) in [6.07, 6.45) is 2.78. The molecular weight excluding hydrogens is 503 g/mol. The van der Waals surface area contributed by atoms with Crippen molar-refractivity contribution in [2.45, 2.75) is 55.2 Å². The van der Waals surface area contributed by atoms with Gasteiger partial charge < -0.3 is 14.7 Å². The number of hydrogen-bond donors (Lipinski definition) is 2. The van der Waals surface area contributed by atoms with Crippen molar-refractivity contribution < 1.29 is 22.7 Å². The molecule has 0 saturated heterocycles. The molecule has 0 radical (unpaired) electrons. The number of alkyl halides is 1. The van der Waals surface area contributed by atoms with Crippen LogP contribution in [0, 0.1) is 0 Å². The molecule has 1 aliphatic carbocycles. The number of aliphatic hydroxyl groups is 1. The van der Waals surface area contributed by atoms with Crippen LogP contribution in [-0.4, -0.2) is 38.6 Å². The maximum absolute atomic E-state index is 13.2. The van der Waals surface area contributed by atoms with Crippen molar-refractivity contribution in [2.24, 2.45) is 0 Å². The highest BCUT2D eigenvalue weighted by Crippen LogP contribution is 2.41. The SMILES string of the molecule is O=S(=O)(N[C@H]1CCC[C@@H](N2c3ccccc3CCc3ccccc32)[C@@H]1O)c1ccc(OCF)cc1Cl. The van der Waals surface area contributed by atoms with Gasteiger partial charge in [0.15, 0.2) is 0 Å². The summed E-state index contributed by atoms with van der Waals surface area (Å²) in [5.74, 6) is 0.137. The number of hydrogen-bond acceptors (Lipinski definition) is 5. The Hall–Kier alpha value is -2.65. The highest BCUT2D eigenvalue weighted by molar-refractivity contribution is 7.89. The first-order chi connectivity index (χ1) is 17.4. The first-order valence-electron chi connectivity index (χ1n) is 12.0. The molecule has 1 aliphatic heterocycles. The third-order valence-electron chi connectivity index (χ3n) is 7.04. The molecule has 1 fully saturated rings. The third kappa shape index (κ3) is 4.83. The molecule has 5 rings (SSSR count). The molecule has 3 aromatic rings. The van der Waals surface area contributed by atoms with E-state index in [1.54, 1.807) is 0 Å². The van der Waals surface area contributed by atoms with Crippen molar-refractivity contribution in [3.05, 3.63) is 82.9 Å². The molecule has 3 atom stereocenters. The predicted octanol–water partition coefficient (Wildman–Crippen LogP) is 5.14. The molecule has 2 aliphatic rings. The summed E-state index contributed by atoms with van der Waals surface area (Å²) in [5, 5.41) is 11.5. The summed E-state index contributed by atoms with van der Waals surface area (Å²) < 4.78 is 46.4. The molecule has 36 heavy (non-hydrogen) atoms. The fraction of sp³-hybridized carbons (Fsp3) is 0.333.